The molecule has 0 amide bonds. The summed E-state index contributed by atoms with van der Waals surface area (Å²) in [4.78, 5) is 12.0. The lowest BCUT2D eigenvalue weighted by Crippen LogP contribution is -2.10. The monoisotopic (exact) mass is 310 g/mol. The molecule has 0 aliphatic carbocycles. The van der Waals surface area contributed by atoms with Crippen LogP contribution in [0.4, 0.5) is 0 Å². The fourth-order valence-electron chi connectivity index (χ4n) is 2.21. The van der Waals surface area contributed by atoms with Crippen molar-refractivity contribution in [3.05, 3.63) is 34.3 Å². The molecule has 0 spiro atoms. The molecule has 0 aliphatic heterocycles. The molecule has 0 heterocycles. The number of hydrogen-bond acceptors (Lipinski definition) is 1. The summed E-state index contributed by atoms with van der Waals surface area (Å²) in [5.41, 5.74) is 1.11. The van der Waals surface area contributed by atoms with Gasteiger partial charge in [-0.3, -0.25) is 4.79 Å². The highest BCUT2D eigenvalue weighted by molar-refractivity contribution is 9.10. The largest absolute Gasteiger partial charge is 0.299 e. The molecule has 100 valence electrons. The van der Waals surface area contributed by atoms with Crippen LogP contribution in [0.2, 0.25) is 0 Å². The van der Waals surface area contributed by atoms with Crippen molar-refractivity contribution in [3.8, 4) is 0 Å². The molecule has 1 rings (SSSR count). The average molecular weight is 311 g/mol. The van der Waals surface area contributed by atoms with Gasteiger partial charge in [0.2, 0.25) is 0 Å². The molecule has 0 aromatic heterocycles. The van der Waals surface area contributed by atoms with Crippen LogP contribution in [0.5, 0.6) is 0 Å². The second-order valence-electron chi connectivity index (χ2n) is 4.97. The fourth-order valence-corrected chi connectivity index (χ4v) is 2.66. The highest BCUT2D eigenvalue weighted by Crippen LogP contribution is 2.19. The van der Waals surface area contributed by atoms with E-state index in [-0.39, 0.29) is 0 Å². The Morgan fingerprint density at radius 2 is 2.11 bits per heavy atom. The Labute approximate surface area is 119 Å². The molecule has 0 fully saturated rings. The Hall–Kier alpha value is -0.630. The van der Waals surface area contributed by atoms with E-state index in [1.165, 1.54) is 19.3 Å². The predicted molar refractivity (Wildman–Crippen MR) is 80.8 cm³/mol. The average Bonchev–Trinajstić information content (AvgIpc) is 2.34. The van der Waals surface area contributed by atoms with Crippen molar-refractivity contribution in [2.24, 2.45) is 5.92 Å². The van der Waals surface area contributed by atoms with E-state index in [1.54, 1.807) is 0 Å². The third-order valence-electron chi connectivity index (χ3n) is 3.35. The van der Waals surface area contributed by atoms with Gasteiger partial charge in [0.05, 0.1) is 0 Å². The highest BCUT2D eigenvalue weighted by Gasteiger charge is 2.12. The molecule has 1 aromatic rings. The zero-order valence-corrected chi connectivity index (χ0v) is 13.0. The topological polar surface area (TPSA) is 17.1 Å². The molecule has 1 aromatic carbocycles. The number of carbonyl (C=O) groups excluding carboxylic acids is 1. The van der Waals surface area contributed by atoms with E-state index in [0.717, 1.165) is 22.9 Å². The van der Waals surface area contributed by atoms with Crippen LogP contribution in [0.1, 0.15) is 51.5 Å². The minimum Gasteiger partial charge on any atom is -0.299 e. The molecule has 18 heavy (non-hydrogen) atoms. The van der Waals surface area contributed by atoms with Crippen LogP contribution < -0.4 is 0 Å². The summed E-state index contributed by atoms with van der Waals surface area (Å²) >= 11 is 3.44. The summed E-state index contributed by atoms with van der Waals surface area (Å²) in [5.74, 6) is 0.945. The van der Waals surface area contributed by atoms with Crippen molar-refractivity contribution in [1.82, 2.24) is 0 Å². The summed E-state index contributed by atoms with van der Waals surface area (Å²) < 4.78 is 1.05. The third-order valence-corrected chi connectivity index (χ3v) is 3.84. The smallest absolute Gasteiger partial charge is 0.137 e. The van der Waals surface area contributed by atoms with Gasteiger partial charge in [0, 0.05) is 17.3 Å². The molecule has 0 saturated heterocycles. The van der Waals surface area contributed by atoms with Gasteiger partial charge in [-0.25, -0.2) is 0 Å². The van der Waals surface area contributed by atoms with Gasteiger partial charge in [-0.15, -0.1) is 0 Å². The Bertz CT molecular complexity index is 373. The van der Waals surface area contributed by atoms with Crippen molar-refractivity contribution in [2.45, 2.75) is 52.4 Å². The Morgan fingerprint density at radius 1 is 1.33 bits per heavy atom. The van der Waals surface area contributed by atoms with Crippen LogP contribution in [0.25, 0.3) is 0 Å². The summed E-state index contributed by atoms with van der Waals surface area (Å²) in [7, 11) is 0. The van der Waals surface area contributed by atoms with Crippen molar-refractivity contribution in [1.29, 1.82) is 0 Å². The van der Waals surface area contributed by atoms with Crippen molar-refractivity contribution in [2.75, 3.05) is 0 Å². The van der Waals surface area contributed by atoms with E-state index in [2.05, 4.69) is 29.8 Å². The molecule has 0 N–H and O–H groups in total. The minimum absolute atomic E-state index is 0.371. The van der Waals surface area contributed by atoms with Crippen LogP contribution in [-0.2, 0) is 11.2 Å². The van der Waals surface area contributed by atoms with Crippen LogP contribution in [0.15, 0.2) is 28.7 Å². The third kappa shape index (κ3) is 5.81. The molecular formula is C16H23BrO. The first kappa shape index (κ1) is 15.4. The van der Waals surface area contributed by atoms with Gasteiger partial charge in [0.15, 0.2) is 0 Å². The lowest BCUT2D eigenvalue weighted by Gasteiger charge is -2.13. The quantitative estimate of drug-likeness (QED) is 0.647. The number of benzene rings is 1. The minimum atomic E-state index is 0.371. The van der Waals surface area contributed by atoms with Crippen LogP contribution >= 0.6 is 15.9 Å². The first-order valence-electron chi connectivity index (χ1n) is 6.91. The first-order valence-corrected chi connectivity index (χ1v) is 7.71. The second kappa shape index (κ2) is 8.47. The number of ketones is 1. The number of unbranched alkanes of at least 4 members (excludes halogenated alkanes) is 1. The van der Waals surface area contributed by atoms with Gasteiger partial charge < -0.3 is 0 Å². The number of hydrogen-bond donors (Lipinski definition) is 0. The summed E-state index contributed by atoms with van der Waals surface area (Å²) in [6.45, 7) is 4.39. The standard InChI is InChI=1S/C16H23BrO/c1-3-5-7-13(4-2)11-16(18)12-14-8-6-9-15(17)10-14/h6,8-10,13H,3-5,7,11-12H2,1-2H3. The molecule has 2 heteroatoms. The molecule has 1 atom stereocenters. The van der Waals surface area contributed by atoms with E-state index < -0.39 is 0 Å². The zero-order chi connectivity index (χ0) is 13.4. The SMILES string of the molecule is CCCCC(CC)CC(=O)Cc1cccc(Br)c1. The second-order valence-corrected chi connectivity index (χ2v) is 5.88. The summed E-state index contributed by atoms with van der Waals surface area (Å²) in [6, 6.07) is 8.03. The lowest BCUT2D eigenvalue weighted by atomic mass is 9.92. The van der Waals surface area contributed by atoms with Gasteiger partial charge in [-0.1, -0.05) is 67.6 Å². The maximum absolute atomic E-state index is 12.0. The highest BCUT2D eigenvalue weighted by atomic mass is 79.9. The maximum Gasteiger partial charge on any atom is 0.137 e. The Kier molecular flexibility index (Phi) is 7.26. The number of rotatable bonds is 8. The van der Waals surface area contributed by atoms with E-state index >= 15 is 0 Å². The van der Waals surface area contributed by atoms with Gasteiger partial charge in [-0.05, 0) is 23.6 Å². The Balaban J connectivity index is 2.45. The summed E-state index contributed by atoms with van der Waals surface area (Å²) in [5, 5.41) is 0. The molecule has 0 saturated carbocycles. The number of carbonyl (C=O) groups is 1. The van der Waals surface area contributed by atoms with Crippen LogP contribution in [0, 0.1) is 5.92 Å². The van der Waals surface area contributed by atoms with Gasteiger partial charge in [-0.2, -0.15) is 0 Å². The summed E-state index contributed by atoms with van der Waals surface area (Å²) in [6.07, 6.45) is 6.07. The van der Waals surface area contributed by atoms with Gasteiger partial charge in [0.25, 0.3) is 0 Å². The van der Waals surface area contributed by atoms with Gasteiger partial charge in [0.1, 0.15) is 5.78 Å². The fraction of sp³-hybridized carbons (Fsp3) is 0.562. The number of halogens is 1. The normalized spacial score (nSPS) is 12.4. The maximum atomic E-state index is 12.0. The molecule has 0 bridgehead atoms. The first-order chi connectivity index (χ1) is 8.65. The van der Waals surface area contributed by atoms with Gasteiger partial charge >= 0.3 is 0 Å². The molecule has 0 aliphatic rings. The van der Waals surface area contributed by atoms with Crippen LogP contribution in [-0.4, -0.2) is 5.78 Å². The van der Waals surface area contributed by atoms with E-state index in [1.807, 2.05) is 24.3 Å². The van der Waals surface area contributed by atoms with Crippen molar-refractivity contribution in [3.63, 3.8) is 0 Å². The van der Waals surface area contributed by atoms with E-state index in [0.29, 0.717) is 18.1 Å². The molecule has 1 nitrogen and oxygen atoms in total. The van der Waals surface area contributed by atoms with E-state index in [4.69, 9.17) is 0 Å². The van der Waals surface area contributed by atoms with Crippen molar-refractivity contribution >= 4 is 21.7 Å². The van der Waals surface area contributed by atoms with E-state index in [9.17, 15) is 4.79 Å². The molecular weight excluding hydrogens is 288 g/mol. The molecule has 1 unspecified atom stereocenters. The number of Topliss-reactive ketones (excluding diaryl/α,β-unsaturated/α-hetero) is 1. The molecule has 0 radical (unpaired) electrons. The zero-order valence-electron chi connectivity index (χ0n) is 11.4. The lowest BCUT2D eigenvalue weighted by molar-refractivity contribution is -0.119. The van der Waals surface area contributed by atoms with Crippen LogP contribution in [0.3, 0.4) is 0 Å². The van der Waals surface area contributed by atoms with Crippen molar-refractivity contribution < 1.29 is 4.79 Å². The Morgan fingerprint density at radius 3 is 2.72 bits per heavy atom. The predicted octanol–water partition coefficient (Wildman–Crippen LogP) is 5.17.